The van der Waals surface area contributed by atoms with Crippen molar-refractivity contribution in [3.05, 3.63) is 23.8 Å². The number of hydrogen-bond acceptors (Lipinski definition) is 2. The van der Waals surface area contributed by atoms with Gasteiger partial charge in [-0.15, -0.1) is 0 Å². The summed E-state index contributed by atoms with van der Waals surface area (Å²) in [6.45, 7) is 14.6. The molecular weight excluding hydrogens is 383 g/mol. The maximum absolute atomic E-state index is 5.93. The van der Waals surface area contributed by atoms with E-state index in [1.54, 1.807) is 2.89 Å². The van der Waals surface area contributed by atoms with Crippen molar-refractivity contribution in [1.82, 2.24) is 0 Å². The molecule has 21 heavy (non-hydrogen) atoms. The van der Waals surface area contributed by atoms with Gasteiger partial charge in [0.1, 0.15) is 0 Å². The van der Waals surface area contributed by atoms with Gasteiger partial charge in [0.05, 0.1) is 0 Å². The van der Waals surface area contributed by atoms with Crippen molar-refractivity contribution in [1.29, 1.82) is 0 Å². The molecule has 1 rings (SSSR count). The quantitative estimate of drug-likeness (QED) is 0.407. The van der Waals surface area contributed by atoms with Crippen LogP contribution in [-0.4, -0.2) is 27.7 Å². The van der Waals surface area contributed by atoms with Gasteiger partial charge in [0, 0.05) is 0 Å². The van der Waals surface area contributed by atoms with Gasteiger partial charge in [0.15, 0.2) is 0 Å². The Labute approximate surface area is 145 Å². The van der Waals surface area contributed by atoms with Crippen LogP contribution in [0.25, 0.3) is 0 Å². The van der Waals surface area contributed by atoms with E-state index in [9.17, 15) is 0 Å². The van der Waals surface area contributed by atoms with E-state index < -0.39 is 21.1 Å². The van der Waals surface area contributed by atoms with E-state index >= 15 is 0 Å². The predicted molar refractivity (Wildman–Crippen MR) is 97.4 cm³/mol. The first-order valence-electron chi connectivity index (χ1n) is 7.90. The average Bonchev–Trinajstić information content (AvgIpc) is 2.73. The van der Waals surface area contributed by atoms with Crippen molar-refractivity contribution < 1.29 is 4.74 Å². The molecule has 1 atom stereocenters. The average molecular weight is 413 g/mol. The molecule has 118 valence electrons. The summed E-state index contributed by atoms with van der Waals surface area (Å²) >= 11 is 1.41. The Hall–Kier alpha value is 0.0387. The number of rotatable bonds is 8. The van der Waals surface area contributed by atoms with Crippen LogP contribution in [-0.2, 0) is 0 Å². The van der Waals surface area contributed by atoms with Gasteiger partial charge in [-0.05, 0) is 0 Å². The zero-order valence-corrected chi connectivity index (χ0v) is 18.1. The van der Waals surface area contributed by atoms with Crippen molar-refractivity contribution >= 4 is 35.4 Å². The third kappa shape index (κ3) is 9.62. The van der Waals surface area contributed by atoms with E-state index in [2.05, 4.69) is 59.8 Å². The van der Waals surface area contributed by atoms with E-state index in [0.717, 1.165) is 24.0 Å². The number of ether oxygens (including phenoxy) is 1. The fourth-order valence-corrected chi connectivity index (χ4v) is 8.62. The molecule has 0 saturated heterocycles. The van der Waals surface area contributed by atoms with Gasteiger partial charge in [0.25, 0.3) is 0 Å². The molecule has 0 aliphatic heterocycles. The molecule has 0 fully saturated rings. The summed E-state index contributed by atoms with van der Waals surface area (Å²) in [4.78, 5) is 0. The van der Waals surface area contributed by atoms with Crippen LogP contribution in [0.2, 0.25) is 3.43 Å². The van der Waals surface area contributed by atoms with E-state index in [-0.39, 0.29) is 0 Å². The van der Waals surface area contributed by atoms with E-state index in [0.29, 0.717) is 3.43 Å². The van der Waals surface area contributed by atoms with Crippen LogP contribution in [0, 0.1) is 5.92 Å². The normalized spacial score (nSPS) is 13.0. The molecule has 2 radical (unpaired) electrons. The zero-order valence-electron chi connectivity index (χ0n) is 14.5. The van der Waals surface area contributed by atoms with Crippen molar-refractivity contribution in [3.8, 4) is 5.06 Å². The molecule has 0 bridgehead atoms. The second-order valence-electron chi connectivity index (χ2n) is 7.09. The molecular formula is C18H30OSSn. The third-order valence-corrected chi connectivity index (χ3v) is 8.84. The molecule has 1 aromatic rings. The van der Waals surface area contributed by atoms with Gasteiger partial charge >= 0.3 is 146 Å². The zero-order chi connectivity index (χ0) is 15.9. The maximum atomic E-state index is 5.93. The number of thiophene rings is 1. The molecule has 1 heterocycles. The van der Waals surface area contributed by atoms with Crippen LogP contribution in [0.4, 0.5) is 0 Å². The first-order chi connectivity index (χ1) is 9.76. The summed E-state index contributed by atoms with van der Waals surface area (Å²) in [5.74, 6) is 0.742. The Morgan fingerprint density at radius 3 is 2.62 bits per heavy atom. The Bertz CT molecular complexity index is 438. The van der Waals surface area contributed by atoms with E-state index in [1.807, 2.05) is 11.3 Å². The van der Waals surface area contributed by atoms with Gasteiger partial charge in [-0.3, -0.25) is 0 Å². The van der Waals surface area contributed by atoms with Crippen LogP contribution in [0.15, 0.2) is 23.8 Å². The van der Waals surface area contributed by atoms with Crippen LogP contribution in [0.3, 0.4) is 0 Å². The SMILES string of the molecule is CC(C)=CCC[C@H](C)CCOc1cc[c]([Sn][C](C)(C)C)s1. The third-order valence-electron chi connectivity index (χ3n) is 3.15. The molecule has 0 unspecified atom stereocenters. The summed E-state index contributed by atoms with van der Waals surface area (Å²) in [5, 5.41) is 1.12. The van der Waals surface area contributed by atoms with E-state index in [1.165, 1.54) is 18.4 Å². The molecule has 0 aromatic carbocycles. The van der Waals surface area contributed by atoms with Crippen molar-refractivity contribution in [3.63, 3.8) is 0 Å². The van der Waals surface area contributed by atoms with Crippen LogP contribution < -0.4 is 7.63 Å². The number of hydrogen-bond donors (Lipinski definition) is 0. The molecule has 0 amide bonds. The molecule has 0 aliphatic rings. The van der Waals surface area contributed by atoms with Gasteiger partial charge in [0.2, 0.25) is 0 Å². The fraction of sp³-hybridized carbons (Fsp3) is 0.667. The second-order valence-corrected chi connectivity index (χ2v) is 15.7. The Morgan fingerprint density at radius 2 is 2.00 bits per heavy atom. The van der Waals surface area contributed by atoms with Crippen LogP contribution >= 0.6 is 11.3 Å². The van der Waals surface area contributed by atoms with Gasteiger partial charge in [-0.1, -0.05) is 0 Å². The van der Waals surface area contributed by atoms with E-state index in [4.69, 9.17) is 4.74 Å². The van der Waals surface area contributed by atoms with Gasteiger partial charge < -0.3 is 0 Å². The van der Waals surface area contributed by atoms with Gasteiger partial charge in [-0.2, -0.15) is 0 Å². The first-order valence-corrected chi connectivity index (χ1v) is 11.6. The molecule has 0 aliphatic carbocycles. The minimum absolute atomic E-state index is 0.470. The Kier molecular flexibility index (Phi) is 8.40. The minimum atomic E-state index is -0.470. The van der Waals surface area contributed by atoms with Crippen LogP contribution in [0.5, 0.6) is 5.06 Å². The topological polar surface area (TPSA) is 9.23 Å². The molecule has 3 heteroatoms. The molecule has 0 saturated carbocycles. The monoisotopic (exact) mass is 414 g/mol. The summed E-state index contributed by atoms with van der Waals surface area (Å²) < 4.78 is 8.04. The number of allylic oxidation sites excluding steroid dienone is 2. The summed E-state index contributed by atoms with van der Waals surface area (Å²) in [6, 6.07) is 4.45. The molecule has 0 N–H and O–H groups in total. The standard InChI is InChI=1S/C14H21OS.C4H9.Sn/c1-12(2)6-4-7-13(3)9-10-15-14-8-5-11-16-14;1-4(2)3;/h5-6,8,13H,4,7,9-10H2,1-3H3;1-3H3;/t13-;;/m0../s1. The summed E-state index contributed by atoms with van der Waals surface area (Å²) in [5.41, 5.74) is 1.42. The predicted octanol–water partition coefficient (Wildman–Crippen LogP) is 5.45. The fourth-order valence-electron chi connectivity index (χ4n) is 2.00. The summed E-state index contributed by atoms with van der Waals surface area (Å²) in [6.07, 6.45) is 5.96. The second kappa shape index (κ2) is 9.24. The van der Waals surface area contributed by atoms with Crippen molar-refractivity contribution in [2.75, 3.05) is 6.61 Å². The molecule has 1 nitrogen and oxygen atoms in total. The Balaban J connectivity index is 2.25. The summed E-state index contributed by atoms with van der Waals surface area (Å²) in [7, 11) is 0. The first kappa shape index (κ1) is 19.1. The van der Waals surface area contributed by atoms with Crippen molar-refractivity contribution in [2.45, 2.75) is 64.2 Å². The Morgan fingerprint density at radius 1 is 1.29 bits per heavy atom. The molecule has 0 spiro atoms. The van der Waals surface area contributed by atoms with Crippen molar-refractivity contribution in [2.24, 2.45) is 5.92 Å². The van der Waals surface area contributed by atoms with Crippen LogP contribution in [0.1, 0.15) is 60.8 Å². The molecule has 1 aromatic heterocycles. The van der Waals surface area contributed by atoms with Gasteiger partial charge in [-0.25, -0.2) is 0 Å².